The molecular formula is C19H36N2OS. The van der Waals surface area contributed by atoms with E-state index in [9.17, 15) is 4.79 Å². The summed E-state index contributed by atoms with van der Waals surface area (Å²) in [5, 5.41) is 0. The molecule has 0 saturated carbocycles. The zero-order valence-corrected chi connectivity index (χ0v) is 16.1. The molecule has 1 atom stereocenters. The summed E-state index contributed by atoms with van der Waals surface area (Å²) in [7, 11) is 0. The van der Waals surface area contributed by atoms with Crippen LogP contribution in [0.4, 0.5) is 0 Å². The van der Waals surface area contributed by atoms with E-state index in [2.05, 4.69) is 35.4 Å². The minimum atomic E-state index is 0.261. The lowest BCUT2D eigenvalue weighted by molar-refractivity contribution is -0.138. The number of hydrogen-bond acceptors (Lipinski definition) is 3. The van der Waals surface area contributed by atoms with Crippen LogP contribution in [-0.2, 0) is 4.79 Å². The van der Waals surface area contributed by atoms with Crippen LogP contribution in [0, 0.1) is 5.92 Å². The van der Waals surface area contributed by atoms with Crippen molar-refractivity contribution in [2.75, 3.05) is 37.7 Å². The van der Waals surface area contributed by atoms with Crippen molar-refractivity contribution in [1.29, 1.82) is 0 Å². The van der Waals surface area contributed by atoms with Crippen LogP contribution in [0.15, 0.2) is 0 Å². The highest BCUT2D eigenvalue weighted by atomic mass is 32.2. The van der Waals surface area contributed by atoms with Gasteiger partial charge in [0.1, 0.15) is 0 Å². The van der Waals surface area contributed by atoms with Gasteiger partial charge in [0.05, 0.1) is 6.04 Å². The molecule has 0 aliphatic carbocycles. The van der Waals surface area contributed by atoms with E-state index in [1.165, 1.54) is 38.1 Å². The van der Waals surface area contributed by atoms with Crippen molar-refractivity contribution in [3.8, 4) is 0 Å². The SMILES string of the molecule is CCCC(CCC)C(=O)N1CCCSCC1CN1CCCCC1. The van der Waals surface area contributed by atoms with E-state index in [0.29, 0.717) is 11.9 Å². The summed E-state index contributed by atoms with van der Waals surface area (Å²) in [4.78, 5) is 18.1. The highest BCUT2D eigenvalue weighted by molar-refractivity contribution is 7.99. The van der Waals surface area contributed by atoms with E-state index < -0.39 is 0 Å². The molecule has 0 bridgehead atoms. The standard InChI is InChI=1S/C19H36N2OS/c1-3-9-17(10-4-2)19(22)21-13-8-14-23-16-18(21)15-20-11-6-5-7-12-20/h17-18H,3-16H2,1-2H3. The Bertz CT molecular complexity index is 338. The molecule has 1 amide bonds. The fourth-order valence-electron chi connectivity index (χ4n) is 4.03. The van der Waals surface area contributed by atoms with Gasteiger partial charge in [-0.2, -0.15) is 11.8 Å². The Labute approximate surface area is 147 Å². The Morgan fingerprint density at radius 1 is 1.04 bits per heavy atom. The number of rotatable bonds is 7. The lowest BCUT2D eigenvalue weighted by Gasteiger charge is -2.37. The van der Waals surface area contributed by atoms with Gasteiger partial charge in [-0.15, -0.1) is 0 Å². The van der Waals surface area contributed by atoms with Gasteiger partial charge in [0.2, 0.25) is 5.91 Å². The van der Waals surface area contributed by atoms with Gasteiger partial charge in [-0.05, 0) is 50.9 Å². The first kappa shape index (κ1) is 19.1. The van der Waals surface area contributed by atoms with Crippen molar-refractivity contribution in [3.63, 3.8) is 0 Å². The molecule has 0 aromatic heterocycles. The molecule has 0 aromatic carbocycles. The van der Waals surface area contributed by atoms with Crippen molar-refractivity contribution < 1.29 is 4.79 Å². The van der Waals surface area contributed by atoms with Crippen LogP contribution in [0.25, 0.3) is 0 Å². The van der Waals surface area contributed by atoms with Gasteiger partial charge < -0.3 is 9.80 Å². The maximum absolute atomic E-state index is 13.2. The van der Waals surface area contributed by atoms with Gasteiger partial charge in [-0.25, -0.2) is 0 Å². The Morgan fingerprint density at radius 3 is 2.39 bits per heavy atom. The van der Waals surface area contributed by atoms with E-state index >= 15 is 0 Å². The summed E-state index contributed by atoms with van der Waals surface area (Å²) in [6.07, 6.45) is 9.58. The van der Waals surface area contributed by atoms with Crippen LogP contribution in [0.5, 0.6) is 0 Å². The summed E-state index contributed by atoms with van der Waals surface area (Å²) in [6.45, 7) is 8.96. The van der Waals surface area contributed by atoms with E-state index in [-0.39, 0.29) is 5.92 Å². The fourth-order valence-corrected chi connectivity index (χ4v) is 5.09. The van der Waals surface area contributed by atoms with E-state index in [1.54, 1.807) is 0 Å². The zero-order valence-electron chi connectivity index (χ0n) is 15.3. The van der Waals surface area contributed by atoms with Crippen molar-refractivity contribution in [3.05, 3.63) is 0 Å². The average Bonchev–Trinajstić information content (AvgIpc) is 2.80. The Balaban J connectivity index is 2.01. The molecule has 134 valence electrons. The van der Waals surface area contributed by atoms with Crippen LogP contribution in [0.1, 0.15) is 65.2 Å². The molecule has 2 fully saturated rings. The molecule has 2 heterocycles. The summed E-state index contributed by atoms with van der Waals surface area (Å²) in [5.74, 6) is 3.06. The number of nitrogens with zero attached hydrogens (tertiary/aromatic N) is 2. The summed E-state index contributed by atoms with van der Waals surface area (Å²) in [5.41, 5.74) is 0. The first-order valence-corrected chi connectivity index (χ1v) is 11.0. The van der Waals surface area contributed by atoms with Crippen LogP contribution in [0.2, 0.25) is 0 Å². The molecule has 4 heteroatoms. The Morgan fingerprint density at radius 2 is 1.74 bits per heavy atom. The second-order valence-electron chi connectivity index (χ2n) is 7.25. The predicted octanol–water partition coefficient (Wildman–Crippen LogP) is 4.02. The maximum atomic E-state index is 13.2. The molecule has 2 saturated heterocycles. The van der Waals surface area contributed by atoms with Crippen molar-refractivity contribution in [1.82, 2.24) is 9.80 Å². The average molecular weight is 341 g/mol. The largest absolute Gasteiger partial charge is 0.337 e. The van der Waals surface area contributed by atoms with Gasteiger partial charge in [0.15, 0.2) is 0 Å². The van der Waals surface area contributed by atoms with Crippen LogP contribution >= 0.6 is 11.8 Å². The summed E-state index contributed by atoms with van der Waals surface area (Å²) >= 11 is 2.05. The molecule has 1 unspecified atom stereocenters. The number of carbonyl (C=O) groups is 1. The van der Waals surface area contributed by atoms with Crippen molar-refractivity contribution >= 4 is 17.7 Å². The Hall–Kier alpha value is -0.220. The maximum Gasteiger partial charge on any atom is 0.226 e. The number of amides is 1. The van der Waals surface area contributed by atoms with Gasteiger partial charge >= 0.3 is 0 Å². The minimum Gasteiger partial charge on any atom is -0.337 e. The summed E-state index contributed by atoms with van der Waals surface area (Å²) in [6, 6.07) is 0.435. The lowest BCUT2D eigenvalue weighted by atomic mass is 9.95. The molecule has 0 N–H and O–H groups in total. The summed E-state index contributed by atoms with van der Waals surface area (Å²) < 4.78 is 0. The van der Waals surface area contributed by atoms with Crippen LogP contribution < -0.4 is 0 Å². The van der Waals surface area contributed by atoms with E-state index in [0.717, 1.165) is 50.9 Å². The van der Waals surface area contributed by atoms with Gasteiger partial charge in [0.25, 0.3) is 0 Å². The fraction of sp³-hybridized carbons (Fsp3) is 0.947. The van der Waals surface area contributed by atoms with Crippen molar-refractivity contribution in [2.24, 2.45) is 5.92 Å². The first-order chi connectivity index (χ1) is 11.3. The third kappa shape index (κ3) is 5.97. The zero-order chi connectivity index (χ0) is 16.5. The molecular weight excluding hydrogens is 304 g/mol. The minimum absolute atomic E-state index is 0.261. The number of likely N-dealkylation sites (tertiary alicyclic amines) is 1. The molecule has 0 aromatic rings. The van der Waals surface area contributed by atoms with Gasteiger partial charge in [0, 0.05) is 24.8 Å². The second kappa shape index (κ2) is 10.6. The normalized spacial score (nSPS) is 24.0. The van der Waals surface area contributed by atoms with Gasteiger partial charge in [-0.3, -0.25) is 4.79 Å². The van der Waals surface area contributed by atoms with Crippen molar-refractivity contribution in [2.45, 2.75) is 71.3 Å². The molecule has 0 spiro atoms. The highest BCUT2D eigenvalue weighted by Gasteiger charge is 2.31. The first-order valence-electron chi connectivity index (χ1n) is 9.86. The lowest BCUT2D eigenvalue weighted by Crippen LogP contribution is -2.50. The number of carbonyl (C=O) groups excluding carboxylic acids is 1. The quantitative estimate of drug-likeness (QED) is 0.699. The van der Waals surface area contributed by atoms with Crippen LogP contribution in [-0.4, -0.2) is 59.4 Å². The smallest absolute Gasteiger partial charge is 0.226 e. The highest BCUT2D eigenvalue weighted by Crippen LogP contribution is 2.24. The topological polar surface area (TPSA) is 23.6 Å². The molecule has 3 nitrogen and oxygen atoms in total. The predicted molar refractivity (Wildman–Crippen MR) is 101 cm³/mol. The molecule has 2 rings (SSSR count). The number of piperidine rings is 1. The molecule has 2 aliphatic heterocycles. The Kier molecular flexibility index (Phi) is 8.81. The van der Waals surface area contributed by atoms with Crippen LogP contribution in [0.3, 0.4) is 0 Å². The number of hydrogen-bond donors (Lipinski definition) is 0. The molecule has 0 radical (unpaired) electrons. The third-order valence-electron chi connectivity index (χ3n) is 5.26. The molecule has 23 heavy (non-hydrogen) atoms. The number of thioether (sulfide) groups is 1. The van der Waals surface area contributed by atoms with E-state index in [1.807, 2.05) is 0 Å². The third-order valence-corrected chi connectivity index (χ3v) is 6.46. The van der Waals surface area contributed by atoms with Gasteiger partial charge in [-0.1, -0.05) is 33.1 Å². The monoisotopic (exact) mass is 340 g/mol. The molecule has 2 aliphatic rings. The second-order valence-corrected chi connectivity index (χ2v) is 8.40. The van der Waals surface area contributed by atoms with E-state index in [4.69, 9.17) is 0 Å².